The van der Waals surface area contributed by atoms with Gasteiger partial charge in [0, 0.05) is 54.9 Å². The van der Waals surface area contributed by atoms with Crippen LogP contribution in [0.25, 0.3) is 0 Å². The third-order valence-corrected chi connectivity index (χ3v) is 8.34. The second-order valence-electron chi connectivity index (χ2n) is 16.2. The van der Waals surface area contributed by atoms with E-state index < -0.39 is 0 Å². The van der Waals surface area contributed by atoms with Gasteiger partial charge >= 0.3 is 0 Å². The minimum Gasteiger partial charge on any atom is -0.379 e. The highest BCUT2D eigenvalue weighted by molar-refractivity contribution is 5.12. The molecule has 0 amide bonds. The molecule has 0 saturated carbocycles. The molecule has 2 atom stereocenters. The first kappa shape index (κ1) is 39.5. The maximum atomic E-state index is 5.37. The Kier molecular flexibility index (Phi) is 16.8. The van der Waals surface area contributed by atoms with Crippen LogP contribution < -0.4 is 0 Å². The second kappa shape index (κ2) is 17.8. The van der Waals surface area contributed by atoms with Crippen molar-refractivity contribution in [2.75, 3.05) is 79.0 Å². The van der Waals surface area contributed by atoms with E-state index in [0.29, 0.717) is 34.1 Å². The maximum absolute atomic E-state index is 5.37. The van der Waals surface area contributed by atoms with E-state index in [1.807, 2.05) is 0 Å². The second-order valence-corrected chi connectivity index (χ2v) is 16.2. The quantitative estimate of drug-likeness (QED) is 0.295. The summed E-state index contributed by atoms with van der Waals surface area (Å²) in [5.74, 6) is 0. The van der Waals surface area contributed by atoms with Gasteiger partial charge in [0.05, 0.1) is 52.9 Å². The normalized spacial score (nSPS) is 25.5. The number of hydrogen-bond donors (Lipinski definition) is 0. The van der Waals surface area contributed by atoms with E-state index in [2.05, 4.69) is 118 Å². The van der Waals surface area contributed by atoms with E-state index in [9.17, 15) is 0 Å². The van der Waals surface area contributed by atoms with Crippen molar-refractivity contribution >= 4 is 0 Å². The molecular formula is C35H71N3O4. The molecule has 0 aromatic rings. The number of rotatable bonds is 0. The molecule has 42 heavy (non-hydrogen) atoms. The third kappa shape index (κ3) is 15.5. The zero-order chi connectivity index (χ0) is 32.2. The van der Waals surface area contributed by atoms with Gasteiger partial charge < -0.3 is 18.9 Å². The van der Waals surface area contributed by atoms with Crippen molar-refractivity contribution in [1.29, 1.82) is 0 Å². The summed E-state index contributed by atoms with van der Waals surface area (Å²) in [5, 5.41) is 0. The van der Waals surface area contributed by atoms with E-state index in [1.54, 1.807) is 5.57 Å². The van der Waals surface area contributed by atoms with Crippen LogP contribution in [0.2, 0.25) is 0 Å². The number of morpholine rings is 3. The molecule has 0 spiro atoms. The van der Waals surface area contributed by atoms with E-state index in [1.165, 1.54) is 0 Å². The lowest BCUT2D eigenvalue weighted by molar-refractivity contribution is -0.0421. The average molecular weight is 598 g/mol. The molecule has 0 aromatic carbocycles. The molecule has 0 N–H and O–H groups in total. The van der Waals surface area contributed by atoms with Crippen LogP contribution in [0.5, 0.6) is 0 Å². The van der Waals surface area contributed by atoms with Crippen molar-refractivity contribution in [2.24, 2.45) is 5.41 Å². The number of ether oxygens (including phenoxy) is 4. The number of hydrogen-bond acceptors (Lipinski definition) is 7. The predicted molar refractivity (Wildman–Crippen MR) is 179 cm³/mol. The Bertz CT molecular complexity index is 720. The molecule has 0 unspecified atom stereocenters. The first-order valence-corrected chi connectivity index (χ1v) is 16.5. The standard InChI is InChI=1S/2C9H19NO.C9H16O.C8H17NO/c2*1-8-7-11-6-5-10(8)9(2,3)4;1-9(2,3)8-4-6-10-7-5-8;1-8(2,3)9-4-6-10-7-5-9/h2*8H,5-7H2,1-4H3;4H,5-7H2,1-3H3;4-7H2,1-3H3/t2*8-;;/m10../s1. The van der Waals surface area contributed by atoms with Crippen LogP contribution in [0.15, 0.2) is 11.6 Å². The smallest absolute Gasteiger partial charge is 0.0650 e. The summed E-state index contributed by atoms with van der Waals surface area (Å²) in [7, 11) is 0. The van der Waals surface area contributed by atoms with Crippen molar-refractivity contribution < 1.29 is 18.9 Å². The van der Waals surface area contributed by atoms with Crippen LogP contribution >= 0.6 is 0 Å². The lowest BCUT2D eigenvalue weighted by atomic mass is 9.84. The highest BCUT2D eigenvalue weighted by Gasteiger charge is 2.29. The minimum atomic E-state index is 0.295. The monoisotopic (exact) mass is 598 g/mol. The summed E-state index contributed by atoms with van der Waals surface area (Å²) < 4.78 is 21.2. The molecule has 7 heteroatoms. The average Bonchev–Trinajstić information content (AvgIpc) is 2.89. The van der Waals surface area contributed by atoms with E-state index in [-0.39, 0.29) is 0 Å². The van der Waals surface area contributed by atoms with Crippen LogP contribution in [0.3, 0.4) is 0 Å². The third-order valence-electron chi connectivity index (χ3n) is 8.34. The van der Waals surface area contributed by atoms with Crippen molar-refractivity contribution in [3.05, 3.63) is 11.6 Å². The van der Waals surface area contributed by atoms with Crippen molar-refractivity contribution in [1.82, 2.24) is 14.7 Å². The van der Waals surface area contributed by atoms with Crippen LogP contribution in [0.4, 0.5) is 0 Å². The molecule has 0 radical (unpaired) electrons. The molecular weight excluding hydrogens is 526 g/mol. The molecule has 7 nitrogen and oxygen atoms in total. The predicted octanol–water partition coefficient (Wildman–Crippen LogP) is 6.51. The van der Waals surface area contributed by atoms with Gasteiger partial charge in [-0.15, -0.1) is 0 Å². The Morgan fingerprint density at radius 3 is 1.21 bits per heavy atom. The first-order chi connectivity index (χ1) is 19.2. The summed E-state index contributed by atoms with van der Waals surface area (Å²) in [6.45, 7) is 42.9. The van der Waals surface area contributed by atoms with Crippen molar-refractivity contribution in [3.63, 3.8) is 0 Å². The molecule has 4 aliphatic heterocycles. The van der Waals surface area contributed by atoms with Gasteiger partial charge in [-0.3, -0.25) is 14.7 Å². The summed E-state index contributed by atoms with van der Waals surface area (Å²) in [4.78, 5) is 7.45. The molecule has 4 heterocycles. The molecule has 4 rings (SSSR count). The SMILES string of the molecule is CC(C)(C)C1=CCOCC1.CC(C)(C)N1CCOCC1.C[C@@H]1COCCN1C(C)(C)C.C[C@H]1COCCN1C(C)(C)C. The highest BCUT2D eigenvalue weighted by Crippen LogP contribution is 2.29. The Balaban J connectivity index is 0.000000280. The van der Waals surface area contributed by atoms with Gasteiger partial charge in [-0.05, 0) is 88.0 Å². The Labute approximate surface area is 261 Å². The van der Waals surface area contributed by atoms with Gasteiger partial charge in [-0.25, -0.2) is 0 Å². The van der Waals surface area contributed by atoms with Crippen molar-refractivity contribution in [3.8, 4) is 0 Å². The minimum absolute atomic E-state index is 0.295. The Hall–Kier alpha value is -0.540. The molecule has 4 aliphatic rings. The lowest BCUT2D eigenvalue weighted by Gasteiger charge is -2.42. The van der Waals surface area contributed by atoms with Crippen LogP contribution in [-0.2, 0) is 18.9 Å². The van der Waals surface area contributed by atoms with Gasteiger partial charge in [0.15, 0.2) is 0 Å². The summed E-state index contributed by atoms with van der Waals surface area (Å²) in [6.07, 6.45) is 3.33. The highest BCUT2D eigenvalue weighted by atomic mass is 16.5. The fourth-order valence-corrected chi connectivity index (χ4v) is 5.89. The lowest BCUT2D eigenvalue weighted by Crippen LogP contribution is -2.53. The van der Waals surface area contributed by atoms with E-state index >= 15 is 0 Å². The molecule has 3 saturated heterocycles. The Morgan fingerprint density at radius 1 is 0.548 bits per heavy atom. The summed E-state index contributed by atoms with van der Waals surface area (Å²) >= 11 is 0. The van der Waals surface area contributed by atoms with Gasteiger partial charge in [0.25, 0.3) is 0 Å². The van der Waals surface area contributed by atoms with E-state index in [0.717, 1.165) is 85.5 Å². The van der Waals surface area contributed by atoms with Crippen LogP contribution in [0.1, 0.15) is 103 Å². The fraction of sp³-hybridized carbons (Fsp3) is 0.943. The zero-order valence-corrected chi connectivity index (χ0v) is 30.4. The topological polar surface area (TPSA) is 46.6 Å². The first-order valence-electron chi connectivity index (χ1n) is 16.5. The zero-order valence-electron chi connectivity index (χ0n) is 30.4. The summed E-state index contributed by atoms with van der Waals surface area (Å²) in [6, 6.07) is 1.15. The van der Waals surface area contributed by atoms with Gasteiger partial charge in [0.2, 0.25) is 0 Å². The largest absolute Gasteiger partial charge is 0.379 e. The van der Waals surface area contributed by atoms with Gasteiger partial charge in [-0.2, -0.15) is 0 Å². The molecule has 0 aromatic heterocycles. The van der Waals surface area contributed by atoms with Gasteiger partial charge in [-0.1, -0.05) is 32.4 Å². The molecule has 250 valence electrons. The maximum Gasteiger partial charge on any atom is 0.0650 e. The van der Waals surface area contributed by atoms with E-state index in [4.69, 9.17) is 18.9 Å². The van der Waals surface area contributed by atoms with Crippen LogP contribution in [0, 0.1) is 5.41 Å². The molecule has 0 bridgehead atoms. The van der Waals surface area contributed by atoms with Crippen molar-refractivity contribution in [2.45, 2.75) is 132 Å². The number of nitrogens with zero attached hydrogens (tertiary/aromatic N) is 3. The van der Waals surface area contributed by atoms with Gasteiger partial charge in [0.1, 0.15) is 0 Å². The Morgan fingerprint density at radius 2 is 0.976 bits per heavy atom. The molecule has 3 fully saturated rings. The molecule has 0 aliphatic carbocycles. The fourth-order valence-electron chi connectivity index (χ4n) is 5.89. The summed E-state index contributed by atoms with van der Waals surface area (Å²) in [5.41, 5.74) is 2.80. The van der Waals surface area contributed by atoms with Crippen LogP contribution in [-0.4, -0.2) is 122 Å².